The Bertz CT molecular complexity index is 1550. The minimum Gasteiger partial charge on any atom is -0.454 e. The Morgan fingerprint density at radius 2 is 1.00 bits per heavy atom. The lowest BCUT2D eigenvalue weighted by atomic mass is 10.1. The van der Waals surface area contributed by atoms with Gasteiger partial charge in [0, 0.05) is 5.69 Å². The Hall–Kier alpha value is -5.63. The summed E-state index contributed by atoms with van der Waals surface area (Å²) in [5.41, 5.74) is 15.2. The summed E-state index contributed by atoms with van der Waals surface area (Å²) in [6, 6.07) is 35.6. The van der Waals surface area contributed by atoms with Gasteiger partial charge in [-0.05, 0) is 72.8 Å². The predicted octanol–water partition coefficient (Wildman–Crippen LogP) is 8.10. The molecule has 0 aliphatic heterocycles. The van der Waals surface area contributed by atoms with E-state index in [4.69, 9.17) is 20.9 Å². The smallest absolute Gasteiger partial charge is 0.263 e. The van der Waals surface area contributed by atoms with Crippen molar-refractivity contribution >= 4 is 34.3 Å². The minimum absolute atomic E-state index is 0.178. The molecule has 0 aliphatic rings. The molecule has 0 atom stereocenters. The third-order valence-electron chi connectivity index (χ3n) is 5.66. The van der Waals surface area contributed by atoms with Gasteiger partial charge in [0.15, 0.2) is 0 Å². The lowest BCUT2D eigenvalue weighted by Crippen LogP contribution is -2.14. The van der Waals surface area contributed by atoms with E-state index < -0.39 is 5.91 Å². The standard InChI is InChI=1S/C31H25N5O3/c32-24-11-4-6-13-26(24)38-28-15-8-16-29(39-27-14-7-5-12-25(27)33)30(28)31(37)34-21-17-19-23(20-18-21)36-35-22-9-2-1-3-10-22/h1-20H,32-33H2,(H,34,37). The summed E-state index contributed by atoms with van der Waals surface area (Å²) in [4.78, 5) is 13.6. The van der Waals surface area contributed by atoms with E-state index in [0.717, 1.165) is 5.69 Å². The van der Waals surface area contributed by atoms with Crippen molar-refractivity contribution in [2.75, 3.05) is 16.8 Å². The second kappa shape index (κ2) is 11.6. The number of rotatable bonds is 8. The normalized spacial score (nSPS) is 10.8. The second-order valence-electron chi connectivity index (χ2n) is 8.45. The number of nitrogens with one attached hydrogen (secondary N) is 1. The lowest BCUT2D eigenvalue weighted by Gasteiger charge is -2.17. The molecule has 5 aromatic rings. The monoisotopic (exact) mass is 515 g/mol. The van der Waals surface area contributed by atoms with Gasteiger partial charge in [0.2, 0.25) is 0 Å². The third kappa shape index (κ3) is 6.20. The first-order valence-electron chi connectivity index (χ1n) is 12.1. The number of anilines is 3. The molecular formula is C31H25N5O3. The number of hydrogen-bond donors (Lipinski definition) is 3. The van der Waals surface area contributed by atoms with Crippen molar-refractivity contribution in [1.29, 1.82) is 0 Å². The van der Waals surface area contributed by atoms with Crippen LogP contribution < -0.4 is 26.3 Å². The van der Waals surface area contributed by atoms with Gasteiger partial charge in [-0.2, -0.15) is 10.2 Å². The Kier molecular flexibility index (Phi) is 7.46. The van der Waals surface area contributed by atoms with Crippen molar-refractivity contribution in [3.63, 3.8) is 0 Å². The lowest BCUT2D eigenvalue weighted by molar-refractivity contribution is 0.102. The summed E-state index contributed by atoms with van der Waals surface area (Å²) < 4.78 is 12.2. The van der Waals surface area contributed by atoms with Gasteiger partial charge in [-0.15, -0.1) is 0 Å². The summed E-state index contributed by atoms with van der Waals surface area (Å²) in [5, 5.41) is 11.4. The van der Waals surface area contributed by atoms with Crippen LogP contribution in [0.5, 0.6) is 23.0 Å². The van der Waals surface area contributed by atoms with Gasteiger partial charge in [0.05, 0.1) is 22.7 Å². The zero-order chi connectivity index (χ0) is 27.0. The van der Waals surface area contributed by atoms with Gasteiger partial charge in [-0.25, -0.2) is 0 Å². The number of hydrogen-bond acceptors (Lipinski definition) is 7. The van der Waals surface area contributed by atoms with E-state index in [-0.39, 0.29) is 17.1 Å². The zero-order valence-electron chi connectivity index (χ0n) is 20.8. The van der Waals surface area contributed by atoms with Gasteiger partial charge >= 0.3 is 0 Å². The number of para-hydroxylation sites is 4. The molecule has 5 rings (SSSR count). The molecule has 8 heteroatoms. The van der Waals surface area contributed by atoms with Crippen molar-refractivity contribution in [3.8, 4) is 23.0 Å². The Balaban J connectivity index is 1.43. The van der Waals surface area contributed by atoms with E-state index in [2.05, 4.69) is 15.5 Å². The zero-order valence-corrected chi connectivity index (χ0v) is 20.8. The topological polar surface area (TPSA) is 124 Å². The van der Waals surface area contributed by atoms with Crippen LogP contribution in [0.15, 0.2) is 132 Å². The summed E-state index contributed by atoms with van der Waals surface area (Å²) in [7, 11) is 0. The summed E-state index contributed by atoms with van der Waals surface area (Å²) in [6.45, 7) is 0. The number of ether oxygens (including phenoxy) is 2. The number of nitrogens with zero attached hydrogens (tertiary/aromatic N) is 2. The van der Waals surface area contributed by atoms with Crippen LogP contribution in [0.2, 0.25) is 0 Å². The Morgan fingerprint density at radius 3 is 1.54 bits per heavy atom. The molecular weight excluding hydrogens is 490 g/mol. The maximum absolute atomic E-state index is 13.6. The largest absolute Gasteiger partial charge is 0.454 e. The maximum Gasteiger partial charge on any atom is 0.263 e. The van der Waals surface area contributed by atoms with Crippen molar-refractivity contribution in [2.24, 2.45) is 10.2 Å². The molecule has 0 spiro atoms. The highest BCUT2D eigenvalue weighted by atomic mass is 16.5. The summed E-state index contributed by atoms with van der Waals surface area (Å²) in [5.74, 6) is 0.923. The molecule has 1 amide bonds. The van der Waals surface area contributed by atoms with Gasteiger partial charge < -0.3 is 26.3 Å². The van der Waals surface area contributed by atoms with E-state index in [1.165, 1.54) is 0 Å². The number of nitrogen functional groups attached to an aromatic ring is 2. The minimum atomic E-state index is -0.441. The molecule has 192 valence electrons. The van der Waals surface area contributed by atoms with Gasteiger partial charge in [0.1, 0.15) is 28.6 Å². The highest BCUT2D eigenvalue weighted by Crippen LogP contribution is 2.38. The van der Waals surface area contributed by atoms with Crippen molar-refractivity contribution in [2.45, 2.75) is 0 Å². The van der Waals surface area contributed by atoms with Crippen molar-refractivity contribution in [1.82, 2.24) is 0 Å². The van der Waals surface area contributed by atoms with Gasteiger partial charge in [0.25, 0.3) is 5.91 Å². The maximum atomic E-state index is 13.6. The molecule has 0 radical (unpaired) electrons. The quantitative estimate of drug-likeness (QED) is 0.142. The molecule has 0 heterocycles. The molecule has 0 bridgehead atoms. The highest BCUT2D eigenvalue weighted by Gasteiger charge is 2.21. The molecule has 5 N–H and O–H groups in total. The van der Waals surface area contributed by atoms with Crippen LogP contribution in [0.4, 0.5) is 28.4 Å². The molecule has 0 saturated heterocycles. The van der Waals surface area contributed by atoms with Crippen LogP contribution in [0.25, 0.3) is 0 Å². The SMILES string of the molecule is Nc1ccccc1Oc1cccc(Oc2ccccc2N)c1C(=O)Nc1ccc(N=Nc2ccccc2)cc1. The van der Waals surface area contributed by atoms with Crippen LogP contribution in [0.3, 0.4) is 0 Å². The fourth-order valence-electron chi connectivity index (χ4n) is 3.70. The van der Waals surface area contributed by atoms with Crippen LogP contribution in [-0.4, -0.2) is 5.91 Å². The first kappa shape index (κ1) is 25.0. The average molecular weight is 516 g/mol. The molecule has 0 aromatic heterocycles. The van der Waals surface area contributed by atoms with E-state index in [1.54, 1.807) is 91.0 Å². The van der Waals surface area contributed by atoms with E-state index >= 15 is 0 Å². The number of azo groups is 1. The van der Waals surface area contributed by atoms with Crippen LogP contribution >= 0.6 is 0 Å². The summed E-state index contributed by atoms with van der Waals surface area (Å²) >= 11 is 0. The molecule has 8 nitrogen and oxygen atoms in total. The summed E-state index contributed by atoms with van der Waals surface area (Å²) in [6.07, 6.45) is 0. The van der Waals surface area contributed by atoms with E-state index in [1.807, 2.05) is 30.3 Å². The third-order valence-corrected chi connectivity index (χ3v) is 5.66. The number of amides is 1. The van der Waals surface area contributed by atoms with Crippen molar-refractivity contribution in [3.05, 3.63) is 127 Å². The number of carbonyl (C=O) groups excluding carboxylic acids is 1. The molecule has 0 unspecified atom stereocenters. The molecule has 0 aliphatic carbocycles. The molecule has 0 fully saturated rings. The molecule has 0 saturated carbocycles. The molecule has 39 heavy (non-hydrogen) atoms. The fraction of sp³-hybridized carbons (Fsp3) is 0. The number of benzene rings is 5. The second-order valence-corrected chi connectivity index (χ2v) is 8.45. The Labute approximate surface area is 225 Å². The highest BCUT2D eigenvalue weighted by molar-refractivity contribution is 6.08. The number of nitrogens with two attached hydrogens (primary N) is 2. The average Bonchev–Trinajstić information content (AvgIpc) is 2.96. The number of carbonyl (C=O) groups is 1. The fourth-order valence-corrected chi connectivity index (χ4v) is 3.70. The van der Waals surface area contributed by atoms with Crippen LogP contribution in [0, 0.1) is 0 Å². The van der Waals surface area contributed by atoms with E-state index in [0.29, 0.717) is 34.2 Å². The first-order chi connectivity index (χ1) is 19.1. The van der Waals surface area contributed by atoms with Gasteiger partial charge in [-0.1, -0.05) is 48.5 Å². The van der Waals surface area contributed by atoms with Crippen LogP contribution in [-0.2, 0) is 0 Å². The van der Waals surface area contributed by atoms with Gasteiger partial charge in [-0.3, -0.25) is 4.79 Å². The Morgan fingerprint density at radius 1 is 0.538 bits per heavy atom. The molecule has 5 aromatic carbocycles. The predicted molar refractivity (Wildman–Crippen MR) is 153 cm³/mol. The van der Waals surface area contributed by atoms with Crippen molar-refractivity contribution < 1.29 is 14.3 Å². The van der Waals surface area contributed by atoms with Crippen LogP contribution in [0.1, 0.15) is 10.4 Å². The first-order valence-corrected chi connectivity index (χ1v) is 12.1. The van der Waals surface area contributed by atoms with E-state index in [9.17, 15) is 4.79 Å².